The SMILES string of the molecule is Cc1cccc(NS(=O)(=O)c2ccc(C)c(C(=O)OC(C)C(=O)Nc3ccnn3C(C)C)c2)c1. The third-order valence-electron chi connectivity index (χ3n) is 5.07. The van der Waals surface area contributed by atoms with Gasteiger partial charge in [-0.15, -0.1) is 0 Å². The van der Waals surface area contributed by atoms with Crippen LogP contribution in [0.3, 0.4) is 0 Å². The Morgan fingerprint density at radius 2 is 1.76 bits per heavy atom. The molecule has 180 valence electrons. The fourth-order valence-electron chi connectivity index (χ4n) is 3.24. The number of ether oxygens (including phenoxy) is 1. The van der Waals surface area contributed by atoms with Gasteiger partial charge in [-0.25, -0.2) is 17.9 Å². The number of aryl methyl sites for hydroxylation is 2. The van der Waals surface area contributed by atoms with Gasteiger partial charge >= 0.3 is 5.97 Å². The summed E-state index contributed by atoms with van der Waals surface area (Å²) in [5.74, 6) is -0.849. The summed E-state index contributed by atoms with van der Waals surface area (Å²) in [6, 6.07) is 12.8. The Balaban J connectivity index is 1.75. The molecule has 3 rings (SSSR count). The molecular formula is C24H28N4O5S. The van der Waals surface area contributed by atoms with E-state index in [1.54, 1.807) is 42.1 Å². The molecule has 0 spiro atoms. The standard InChI is InChI=1S/C24H28N4O5S/c1-15(2)28-22(11-12-25-28)26-23(29)18(5)33-24(30)21-14-20(10-9-17(21)4)34(31,32)27-19-8-6-7-16(3)13-19/h6-15,18,27H,1-5H3,(H,26,29). The summed E-state index contributed by atoms with van der Waals surface area (Å²) < 4.78 is 35.2. The number of anilines is 2. The number of nitrogens with one attached hydrogen (secondary N) is 2. The van der Waals surface area contributed by atoms with E-state index < -0.39 is 28.0 Å². The second kappa shape index (κ2) is 10.1. The largest absolute Gasteiger partial charge is 0.449 e. The Morgan fingerprint density at radius 1 is 1.03 bits per heavy atom. The monoisotopic (exact) mass is 484 g/mol. The van der Waals surface area contributed by atoms with E-state index in [1.807, 2.05) is 26.8 Å². The lowest BCUT2D eigenvalue weighted by molar-refractivity contribution is -0.123. The Bertz CT molecular complexity index is 1310. The quantitative estimate of drug-likeness (QED) is 0.465. The Morgan fingerprint density at radius 3 is 2.44 bits per heavy atom. The van der Waals surface area contributed by atoms with Crippen molar-refractivity contribution in [2.75, 3.05) is 10.0 Å². The van der Waals surface area contributed by atoms with Crippen LogP contribution < -0.4 is 10.0 Å². The van der Waals surface area contributed by atoms with Gasteiger partial charge in [0.25, 0.3) is 15.9 Å². The minimum Gasteiger partial charge on any atom is -0.449 e. The van der Waals surface area contributed by atoms with Crippen molar-refractivity contribution in [1.29, 1.82) is 0 Å². The summed E-state index contributed by atoms with van der Waals surface area (Å²) in [6.07, 6.45) is 0.444. The highest BCUT2D eigenvalue weighted by molar-refractivity contribution is 7.92. The summed E-state index contributed by atoms with van der Waals surface area (Å²) >= 11 is 0. The molecule has 9 nitrogen and oxygen atoms in total. The average molecular weight is 485 g/mol. The molecule has 34 heavy (non-hydrogen) atoms. The molecular weight excluding hydrogens is 456 g/mol. The van der Waals surface area contributed by atoms with Gasteiger partial charge in [0.2, 0.25) is 0 Å². The van der Waals surface area contributed by atoms with Gasteiger partial charge in [-0.1, -0.05) is 18.2 Å². The molecule has 0 aliphatic carbocycles. The first-order chi connectivity index (χ1) is 16.0. The van der Waals surface area contributed by atoms with E-state index in [0.717, 1.165) is 5.56 Å². The number of carbonyl (C=O) groups is 2. The number of amides is 1. The first-order valence-corrected chi connectivity index (χ1v) is 12.2. The van der Waals surface area contributed by atoms with E-state index in [-0.39, 0.29) is 16.5 Å². The number of hydrogen-bond donors (Lipinski definition) is 2. The molecule has 0 radical (unpaired) electrons. The van der Waals surface area contributed by atoms with E-state index in [9.17, 15) is 18.0 Å². The predicted molar refractivity (Wildman–Crippen MR) is 129 cm³/mol. The summed E-state index contributed by atoms with van der Waals surface area (Å²) in [7, 11) is -3.94. The van der Waals surface area contributed by atoms with E-state index in [2.05, 4.69) is 15.1 Å². The lowest BCUT2D eigenvalue weighted by atomic mass is 10.1. The van der Waals surface area contributed by atoms with Crippen molar-refractivity contribution < 1.29 is 22.7 Å². The molecule has 0 bridgehead atoms. The molecule has 1 heterocycles. The first kappa shape index (κ1) is 25.0. The maximum atomic E-state index is 12.9. The Kier molecular flexibility index (Phi) is 7.41. The van der Waals surface area contributed by atoms with Crippen LogP contribution in [-0.4, -0.2) is 36.2 Å². The Hall–Kier alpha value is -3.66. The molecule has 2 N–H and O–H groups in total. The first-order valence-electron chi connectivity index (χ1n) is 10.7. The van der Waals surface area contributed by atoms with Crippen molar-refractivity contribution in [2.24, 2.45) is 0 Å². The fourth-order valence-corrected chi connectivity index (χ4v) is 4.32. The molecule has 0 fully saturated rings. The lowest BCUT2D eigenvalue weighted by Crippen LogP contribution is -2.31. The smallest absolute Gasteiger partial charge is 0.339 e. The molecule has 0 aliphatic heterocycles. The van der Waals surface area contributed by atoms with Crippen LogP contribution in [0.25, 0.3) is 0 Å². The number of esters is 1. The van der Waals surface area contributed by atoms with Crippen LogP contribution in [0.4, 0.5) is 11.5 Å². The highest BCUT2D eigenvalue weighted by Gasteiger charge is 2.24. The molecule has 0 saturated heterocycles. The van der Waals surface area contributed by atoms with Gasteiger partial charge in [-0.3, -0.25) is 9.52 Å². The van der Waals surface area contributed by atoms with Crippen molar-refractivity contribution in [1.82, 2.24) is 9.78 Å². The second-order valence-electron chi connectivity index (χ2n) is 8.24. The van der Waals surface area contributed by atoms with Gasteiger partial charge in [0.1, 0.15) is 5.82 Å². The lowest BCUT2D eigenvalue weighted by Gasteiger charge is -2.16. The van der Waals surface area contributed by atoms with E-state index in [1.165, 1.54) is 25.1 Å². The minimum absolute atomic E-state index is 0.0314. The summed E-state index contributed by atoms with van der Waals surface area (Å²) in [5, 5.41) is 6.84. The van der Waals surface area contributed by atoms with Crippen LogP contribution in [0.15, 0.2) is 59.6 Å². The van der Waals surface area contributed by atoms with Gasteiger partial charge < -0.3 is 10.1 Å². The number of rotatable bonds is 8. The minimum atomic E-state index is -3.94. The molecule has 1 atom stereocenters. The summed E-state index contributed by atoms with van der Waals surface area (Å²) in [5.41, 5.74) is 1.89. The number of aromatic nitrogens is 2. The number of carbonyl (C=O) groups excluding carboxylic acids is 2. The van der Waals surface area contributed by atoms with Gasteiger partial charge in [-0.05, 0) is 70.0 Å². The highest BCUT2D eigenvalue weighted by Crippen LogP contribution is 2.21. The molecule has 1 unspecified atom stereocenters. The zero-order chi connectivity index (χ0) is 25.0. The van der Waals surface area contributed by atoms with Crippen molar-refractivity contribution in [3.05, 3.63) is 71.4 Å². The molecule has 10 heteroatoms. The van der Waals surface area contributed by atoms with Crippen molar-refractivity contribution in [2.45, 2.75) is 51.7 Å². The van der Waals surface area contributed by atoms with Gasteiger partial charge in [0.05, 0.1) is 16.7 Å². The molecule has 1 aromatic heterocycles. The number of nitrogens with zero attached hydrogens (tertiary/aromatic N) is 2. The molecule has 0 saturated carbocycles. The van der Waals surface area contributed by atoms with Crippen LogP contribution in [0, 0.1) is 13.8 Å². The maximum absolute atomic E-state index is 12.9. The van der Waals surface area contributed by atoms with Crippen LogP contribution >= 0.6 is 0 Å². The van der Waals surface area contributed by atoms with E-state index in [0.29, 0.717) is 17.1 Å². The van der Waals surface area contributed by atoms with Gasteiger partial charge in [0, 0.05) is 17.8 Å². The number of sulfonamides is 1. The van der Waals surface area contributed by atoms with Crippen molar-refractivity contribution in [3.63, 3.8) is 0 Å². The third-order valence-corrected chi connectivity index (χ3v) is 6.45. The summed E-state index contributed by atoms with van der Waals surface area (Å²) in [6.45, 7) is 8.80. The topological polar surface area (TPSA) is 119 Å². The van der Waals surface area contributed by atoms with Gasteiger partial charge in [-0.2, -0.15) is 5.10 Å². The van der Waals surface area contributed by atoms with E-state index >= 15 is 0 Å². The van der Waals surface area contributed by atoms with Crippen LogP contribution in [0.5, 0.6) is 0 Å². The molecule has 3 aromatic rings. The van der Waals surface area contributed by atoms with Crippen LogP contribution in [0.1, 0.15) is 48.3 Å². The van der Waals surface area contributed by atoms with Crippen molar-refractivity contribution in [3.8, 4) is 0 Å². The average Bonchev–Trinajstić information content (AvgIpc) is 3.21. The normalized spacial score (nSPS) is 12.3. The summed E-state index contributed by atoms with van der Waals surface area (Å²) in [4.78, 5) is 25.3. The predicted octanol–water partition coefficient (Wildman–Crippen LogP) is 4.07. The number of benzene rings is 2. The van der Waals surface area contributed by atoms with Crippen LogP contribution in [-0.2, 0) is 19.6 Å². The zero-order valence-electron chi connectivity index (χ0n) is 19.7. The highest BCUT2D eigenvalue weighted by atomic mass is 32.2. The molecule has 1 amide bonds. The number of hydrogen-bond acceptors (Lipinski definition) is 6. The van der Waals surface area contributed by atoms with E-state index in [4.69, 9.17) is 4.74 Å². The maximum Gasteiger partial charge on any atom is 0.339 e. The van der Waals surface area contributed by atoms with Gasteiger partial charge in [0.15, 0.2) is 6.10 Å². The third kappa shape index (κ3) is 5.82. The molecule has 2 aromatic carbocycles. The second-order valence-corrected chi connectivity index (χ2v) is 9.93. The van der Waals surface area contributed by atoms with Crippen molar-refractivity contribution >= 4 is 33.4 Å². The molecule has 0 aliphatic rings. The van der Waals surface area contributed by atoms with Crippen LogP contribution in [0.2, 0.25) is 0 Å². The Labute approximate surface area is 199 Å². The zero-order valence-corrected chi connectivity index (χ0v) is 20.5. The fraction of sp³-hybridized carbons (Fsp3) is 0.292.